The Hall–Kier alpha value is -1.55. The number of aryl methyl sites for hydroxylation is 1. The number of hydrogen-bond donors (Lipinski definition) is 0. The van der Waals surface area contributed by atoms with Gasteiger partial charge in [0.05, 0.1) is 6.61 Å². The Balaban J connectivity index is 0.00000127. The van der Waals surface area contributed by atoms with Crippen molar-refractivity contribution in [2.75, 3.05) is 13.2 Å². The van der Waals surface area contributed by atoms with E-state index in [-0.39, 0.29) is 11.9 Å². The number of amides is 1. The van der Waals surface area contributed by atoms with Crippen molar-refractivity contribution in [3.8, 4) is 0 Å². The molecule has 0 saturated carbocycles. The molecule has 1 aromatic rings. The summed E-state index contributed by atoms with van der Waals surface area (Å²) in [5.41, 5.74) is 1.42. The fraction of sp³-hybridized carbons (Fsp3) is 0.556. The van der Waals surface area contributed by atoms with Crippen LogP contribution in [0.2, 0.25) is 5.02 Å². The summed E-state index contributed by atoms with van der Waals surface area (Å²) in [6, 6.07) is 4.71. The van der Waals surface area contributed by atoms with E-state index in [4.69, 9.17) is 16.3 Å². The Morgan fingerprint density at radius 3 is 2.61 bits per heavy atom. The summed E-state index contributed by atoms with van der Waals surface area (Å²) in [5.74, 6) is -0.441. The lowest BCUT2D eigenvalue weighted by Gasteiger charge is -2.34. The molecular formula is C18H26ClNO3. The van der Waals surface area contributed by atoms with E-state index in [9.17, 15) is 9.59 Å². The van der Waals surface area contributed by atoms with Gasteiger partial charge in [-0.05, 0) is 56.9 Å². The molecule has 0 N–H and O–H groups in total. The molecule has 2 rings (SSSR count). The van der Waals surface area contributed by atoms with Crippen LogP contribution in [0, 0.1) is 6.92 Å². The van der Waals surface area contributed by atoms with Crippen LogP contribution in [0.4, 0.5) is 0 Å². The highest BCUT2D eigenvalue weighted by atomic mass is 35.5. The molecule has 1 fully saturated rings. The van der Waals surface area contributed by atoms with Gasteiger partial charge in [-0.3, -0.25) is 4.79 Å². The normalized spacial score (nSPS) is 17.1. The van der Waals surface area contributed by atoms with Gasteiger partial charge in [0.15, 0.2) is 0 Å². The maximum atomic E-state index is 12.7. The number of benzene rings is 1. The van der Waals surface area contributed by atoms with Crippen molar-refractivity contribution in [1.82, 2.24) is 4.90 Å². The molecule has 1 heterocycles. The fourth-order valence-corrected chi connectivity index (χ4v) is 2.72. The monoisotopic (exact) mass is 339 g/mol. The Bertz CT molecular complexity index is 545. The van der Waals surface area contributed by atoms with Crippen LogP contribution < -0.4 is 0 Å². The molecular weight excluding hydrogens is 314 g/mol. The lowest BCUT2D eigenvalue weighted by Crippen LogP contribution is -2.48. The van der Waals surface area contributed by atoms with Gasteiger partial charge in [0.1, 0.15) is 6.04 Å². The second-order valence-electron chi connectivity index (χ2n) is 5.23. The van der Waals surface area contributed by atoms with Crippen molar-refractivity contribution in [2.45, 2.75) is 53.0 Å². The first-order chi connectivity index (χ1) is 11.0. The molecule has 0 aromatic heterocycles. The summed E-state index contributed by atoms with van der Waals surface area (Å²) in [6.45, 7) is 8.55. The molecule has 1 amide bonds. The van der Waals surface area contributed by atoms with E-state index >= 15 is 0 Å². The summed E-state index contributed by atoms with van der Waals surface area (Å²) in [6.07, 6.45) is 2.51. The lowest BCUT2D eigenvalue weighted by atomic mass is 10.0. The zero-order valence-corrected chi connectivity index (χ0v) is 15.2. The number of esters is 1. The number of hydrogen-bond acceptors (Lipinski definition) is 3. The fourth-order valence-electron chi connectivity index (χ4n) is 2.60. The van der Waals surface area contributed by atoms with Crippen LogP contribution >= 0.6 is 11.6 Å². The van der Waals surface area contributed by atoms with Gasteiger partial charge in [-0.1, -0.05) is 25.4 Å². The van der Waals surface area contributed by atoms with Crippen molar-refractivity contribution in [1.29, 1.82) is 0 Å². The van der Waals surface area contributed by atoms with Gasteiger partial charge in [-0.25, -0.2) is 4.79 Å². The average Bonchev–Trinajstić information content (AvgIpc) is 2.58. The molecule has 0 unspecified atom stereocenters. The molecule has 1 aliphatic heterocycles. The number of carbonyl (C=O) groups is 2. The second kappa shape index (κ2) is 9.56. The molecule has 1 aromatic carbocycles. The van der Waals surface area contributed by atoms with E-state index < -0.39 is 6.04 Å². The molecule has 4 nitrogen and oxygen atoms in total. The number of rotatable bonds is 3. The number of carbonyl (C=O) groups excluding carboxylic acids is 2. The van der Waals surface area contributed by atoms with Crippen LogP contribution in [0.15, 0.2) is 18.2 Å². The molecule has 0 spiro atoms. The van der Waals surface area contributed by atoms with Crippen LogP contribution in [0.25, 0.3) is 0 Å². The number of likely N-dealkylation sites (tertiary alicyclic amines) is 1. The first kappa shape index (κ1) is 19.5. The van der Waals surface area contributed by atoms with E-state index in [0.717, 1.165) is 18.4 Å². The molecule has 0 aliphatic carbocycles. The first-order valence-corrected chi connectivity index (χ1v) is 8.66. The summed E-state index contributed by atoms with van der Waals surface area (Å²) >= 11 is 5.99. The van der Waals surface area contributed by atoms with Crippen LogP contribution in [-0.2, 0) is 9.53 Å². The minimum Gasteiger partial charge on any atom is -0.464 e. The Labute approximate surface area is 143 Å². The average molecular weight is 340 g/mol. The summed E-state index contributed by atoms with van der Waals surface area (Å²) in [4.78, 5) is 26.3. The first-order valence-electron chi connectivity index (χ1n) is 8.28. The van der Waals surface area contributed by atoms with E-state index in [0.29, 0.717) is 30.2 Å². The van der Waals surface area contributed by atoms with E-state index in [1.807, 2.05) is 20.8 Å². The van der Waals surface area contributed by atoms with Crippen molar-refractivity contribution in [3.05, 3.63) is 34.3 Å². The van der Waals surface area contributed by atoms with Crippen LogP contribution in [0.1, 0.15) is 56.0 Å². The molecule has 23 heavy (non-hydrogen) atoms. The Morgan fingerprint density at radius 2 is 2.00 bits per heavy atom. The molecule has 1 atom stereocenters. The van der Waals surface area contributed by atoms with Gasteiger partial charge in [0, 0.05) is 17.1 Å². The van der Waals surface area contributed by atoms with Crippen molar-refractivity contribution in [3.63, 3.8) is 0 Å². The van der Waals surface area contributed by atoms with Gasteiger partial charge in [0.2, 0.25) is 0 Å². The summed E-state index contributed by atoms with van der Waals surface area (Å²) < 4.78 is 5.09. The van der Waals surface area contributed by atoms with Crippen molar-refractivity contribution in [2.24, 2.45) is 0 Å². The molecule has 0 bridgehead atoms. The van der Waals surface area contributed by atoms with Crippen LogP contribution in [0.5, 0.6) is 0 Å². The molecule has 1 saturated heterocycles. The maximum absolute atomic E-state index is 12.7. The lowest BCUT2D eigenvalue weighted by molar-refractivity contribution is -0.149. The van der Waals surface area contributed by atoms with Gasteiger partial charge in [-0.15, -0.1) is 0 Å². The highest BCUT2D eigenvalue weighted by Gasteiger charge is 2.33. The largest absolute Gasteiger partial charge is 0.464 e. The predicted molar refractivity (Wildman–Crippen MR) is 92.8 cm³/mol. The van der Waals surface area contributed by atoms with E-state index in [1.54, 1.807) is 30.0 Å². The Morgan fingerprint density at radius 1 is 1.30 bits per heavy atom. The second-order valence-corrected chi connectivity index (χ2v) is 5.63. The molecule has 5 heteroatoms. The Kier molecular flexibility index (Phi) is 8.10. The molecule has 0 radical (unpaired) electrons. The smallest absolute Gasteiger partial charge is 0.328 e. The minimum absolute atomic E-state index is 0.132. The number of halogens is 1. The quantitative estimate of drug-likeness (QED) is 0.774. The summed E-state index contributed by atoms with van der Waals surface area (Å²) in [5, 5.41) is 0.632. The van der Waals surface area contributed by atoms with Gasteiger partial charge in [-0.2, -0.15) is 0 Å². The highest BCUT2D eigenvalue weighted by molar-refractivity contribution is 6.31. The predicted octanol–water partition coefficient (Wildman–Crippen LogP) is 4.23. The minimum atomic E-state index is -0.470. The van der Waals surface area contributed by atoms with Gasteiger partial charge >= 0.3 is 5.97 Å². The van der Waals surface area contributed by atoms with Crippen LogP contribution in [-0.4, -0.2) is 36.0 Å². The third kappa shape index (κ3) is 4.96. The van der Waals surface area contributed by atoms with Crippen LogP contribution in [0.3, 0.4) is 0 Å². The number of nitrogens with zero attached hydrogens (tertiary/aromatic N) is 1. The number of piperidine rings is 1. The highest BCUT2D eigenvalue weighted by Crippen LogP contribution is 2.23. The third-order valence-corrected chi connectivity index (χ3v) is 4.15. The maximum Gasteiger partial charge on any atom is 0.328 e. The zero-order valence-electron chi connectivity index (χ0n) is 14.4. The van der Waals surface area contributed by atoms with Gasteiger partial charge in [0.25, 0.3) is 5.91 Å². The molecule has 128 valence electrons. The topological polar surface area (TPSA) is 46.6 Å². The zero-order chi connectivity index (χ0) is 17.4. The number of ether oxygens (including phenoxy) is 1. The summed E-state index contributed by atoms with van der Waals surface area (Å²) in [7, 11) is 0. The van der Waals surface area contributed by atoms with Gasteiger partial charge < -0.3 is 9.64 Å². The van der Waals surface area contributed by atoms with E-state index in [1.165, 1.54) is 0 Å². The van der Waals surface area contributed by atoms with Crippen molar-refractivity contribution >= 4 is 23.5 Å². The standard InChI is InChI=1S/C16H20ClNO3.C2H6/c1-3-21-16(20)14-6-4-5-9-18(14)15(19)12-7-8-13(17)11(2)10-12;1-2/h7-8,10,14H,3-6,9H2,1-2H3;1-2H3/t14-;/m0./s1. The third-order valence-electron chi connectivity index (χ3n) is 3.73. The van der Waals surface area contributed by atoms with E-state index in [2.05, 4.69) is 0 Å². The SMILES string of the molecule is CC.CCOC(=O)[C@@H]1CCCCN1C(=O)c1ccc(Cl)c(C)c1. The van der Waals surface area contributed by atoms with Crippen molar-refractivity contribution < 1.29 is 14.3 Å². The molecule has 1 aliphatic rings.